The minimum atomic E-state index is -1.69. The third-order valence-corrected chi connectivity index (χ3v) is 23.1. The lowest BCUT2D eigenvalue weighted by atomic mass is 9.81. The number of carbonyl (C=O) groups excluding carboxylic acids is 3. The van der Waals surface area contributed by atoms with Crippen molar-refractivity contribution in [2.45, 2.75) is 183 Å². The molecular weight excluding hydrogens is 1530 g/mol. The van der Waals surface area contributed by atoms with E-state index in [2.05, 4.69) is 111 Å². The number of benzene rings is 1. The van der Waals surface area contributed by atoms with Crippen LogP contribution in [0.3, 0.4) is 0 Å². The maximum atomic E-state index is 12.6. The smallest absolute Gasteiger partial charge is 0.444 e. The SMILES string of the molecule is Brc1cncs1.CC(C)(C)OC(=O)N1CCc2c(c(-c3cncs3)nn2COCC[Si](C)(C)C)C1.CC(C)(C)OC(=O)N1CCc2c(c(B(O)O)nn2COCC[Si](C)(C)C)C1.Cl.O=C(Nc1cccc(Cl)c1)N1CCc2[nH]nc(-c3cncs3)c2C1.[2H]CC.c1ncc(-c2n[nH]c3c2CNCC3)s1. The first-order valence-corrected chi connectivity index (χ1v) is 45.8. The molecule has 0 spiro atoms. The van der Waals surface area contributed by atoms with E-state index in [4.69, 9.17) is 37.0 Å². The number of nitrogens with zero attached hydrogens (tertiary/aromatic N) is 13. The van der Waals surface area contributed by atoms with Gasteiger partial charge in [0.15, 0.2) is 0 Å². The quantitative estimate of drug-likeness (QED) is 0.0410. The first kappa shape index (κ1) is 82.4. The van der Waals surface area contributed by atoms with Crippen molar-refractivity contribution in [3.63, 3.8) is 0 Å². The number of carbonyl (C=O) groups is 3. The van der Waals surface area contributed by atoms with Gasteiger partial charge in [-0.05, 0) is 87.8 Å². The van der Waals surface area contributed by atoms with Crippen LogP contribution in [0.4, 0.5) is 20.1 Å². The Morgan fingerprint density at radius 2 is 1.14 bits per heavy atom. The van der Waals surface area contributed by atoms with Crippen molar-refractivity contribution in [2.24, 2.45) is 0 Å². The molecule has 0 unspecified atom stereocenters. The summed E-state index contributed by atoms with van der Waals surface area (Å²) in [6, 6.07) is 9.18. The zero-order valence-electron chi connectivity index (χ0n) is 61.8. The Labute approximate surface area is 642 Å². The van der Waals surface area contributed by atoms with Gasteiger partial charge in [0.1, 0.15) is 41.7 Å². The summed E-state index contributed by atoms with van der Waals surface area (Å²) in [6.07, 6.45) is 9.67. The molecule has 4 aliphatic rings. The van der Waals surface area contributed by atoms with Crippen molar-refractivity contribution in [3.05, 3.63) is 125 Å². The molecule has 13 rings (SSSR count). The van der Waals surface area contributed by atoms with Crippen molar-refractivity contribution >= 4 is 138 Å². The van der Waals surface area contributed by atoms with E-state index in [0.29, 0.717) is 75.7 Å². The molecule has 0 saturated carbocycles. The topological polar surface area (TPSA) is 307 Å². The van der Waals surface area contributed by atoms with E-state index in [1.807, 2.05) is 76.3 Å². The summed E-state index contributed by atoms with van der Waals surface area (Å²) in [6.45, 7) is 34.4. The minimum absolute atomic E-state index is 0. The molecule has 12 heterocycles. The number of urea groups is 1. The second-order valence-corrected chi connectivity index (χ2v) is 45.1. The lowest BCUT2D eigenvalue weighted by molar-refractivity contribution is 0.0208. The van der Waals surface area contributed by atoms with Gasteiger partial charge in [0, 0.05) is 163 Å². The lowest BCUT2D eigenvalue weighted by Gasteiger charge is -2.30. The highest BCUT2D eigenvalue weighted by Gasteiger charge is 2.35. The molecule has 560 valence electrons. The normalized spacial score (nSPS) is 14.0. The number of H-pyrrole nitrogens is 2. The van der Waals surface area contributed by atoms with E-state index in [1.165, 1.54) is 22.6 Å². The first-order chi connectivity index (χ1) is 48.9. The van der Waals surface area contributed by atoms with Gasteiger partial charge in [0.2, 0.25) is 0 Å². The second-order valence-electron chi connectivity index (χ2n) is 28.5. The zero-order valence-corrected chi connectivity index (χ0v) is 69.2. The van der Waals surface area contributed by atoms with Crippen LogP contribution in [0.15, 0.2) is 74.9 Å². The summed E-state index contributed by atoms with van der Waals surface area (Å²) in [5.74, 6) is 0. The monoisotopic (exact) mass is 1630 g/mol. The molecule has 0 aliphatic carbocycles. The average Bonchev–Trinajstić information content (AvgIpc) is 1.63. The molecule has 0 radical (unpaired) electrons. The second kappa shape index (κ2) is 38.8. The Morgan fingerprint density at radius 3 is 1.61 bits per heavy atom. The number of aromatic amines is 2. The van der Waals surface area contributed by atoms with Crippen molar-refractivity contribution in [3.8, 4) is 31.7 Å². The van der Waals surface area contributed by atoms with Gasteiger partial charge in [-0.2, -0.15) is 20.4 Å². The van der Waals surface area contributed by atoms with Crippen LogP contribution in [0.5, 0.6) is 0 Å². The zero-order chi connectivity index (χ0) is 74.7. The molecule has 4 amide bonds. The van der Waals surface area contributed by atoms with Gasteiger partial charge in [-0.3, -0.25) is 30.1 Å². The number of hydrogen-bond acceptors (Lipinski definition) is 22. The number of ether oxygens (including phenoxy) is 4. The fourth-order valence-electron chi connectivity index (χ4n) is 10.7. The minimum Gasteiger partial charge on any atom is -0.444 e. The molecule has 4 aliphatic heterocycles. The van der Waals surface area contributed by atoms with Crippen LogP contribution in [0.2, 0.25) is 56.4 Å². The molecule has 36 heteroatoms. The molecular formula is C67H97BBrCl2N17O9S4Si2. The van der Waals surface area contributed by atoms with Gasteiger partial charge >= 0.3 is 25.3 Å². The average molecular weight is 1630 g/mol. The number of aromatic nitrogens is 12. The molecule has 0 fully saturated rings. The fraction of sp³-hybridized carbons (Fsp3) is 0.507. The third-order valence-electron chi connectivity index (χ3n) is 15.8. The summed E-state index contributed by atoms with van der Waals surface area (Å²) in [4.78, 5) is 61.9. The van der Waals surface area contributed by atoms with Crippen LogP contribution in [-0.2, 0) is 84.3 Å². The van der Waals surface area contributed by atoms with Gasteiger partial charge < -0.3 is 54.3 Å². The lowest BCUT2D eigenvalue weighted by Crippen LogP contribution is -2.43. The summed E-state index contributed by atoms with van der Waals surface area (Å²) >= 11 is 15.5. The van der Waals surface area contributed by atoms with Crippen molar-refractivity contribution in [2.75, 3.05) is 44.7 Å². The van der Waals surface area contributed by atoms with E-state index < -0.39 is 40.6 Å². The molecule has 0 saturated heterocycles. The molecule has 8 aromatic heterocycles. The highest BCUT2D eigenvalue weighted by molar-refractivity contribution is 9.11. The maximum absolute atomic E-state index is 12.6. The van der Waals surface area contributed by atoms with Crippen LogP contribution < -0.4 is 16.2 Å². The summed E-state index contributed by atoms with van der Waals surface area (Å²) in [5.41, 5.74) is 18.3. The predicted octanol–water partition coefficient (Wildman–Crippen LogP) is 14.1. The van der Waals surface area contributed by atoms with Crippen molar-refractivity contribution in [1.82, 2.24) is 79.9 Å². The number of anilines is 1. The molecule has 0 atom stereocenters. The summed E-state index contributed by atoms with van der Waals surface area (Å²) in [5, 5.41) is 50.3. The summed E-state index contributed by atoms with van der Waals surface area (Å²) in [7, 11) is -3.99. The fourth-order valence-corrected chi connectivity index (χ4v) is 15.0. The standard InChI is InChI=1S/C20H32N4O3SSi.C17H32BN3O5Si.C16H14ClN5OS.C9H10N4S.C3H2BrNS.C2H6.ClH/c1-20(2,3)27-19(25)23-8-7-16-15(12-23)18(17-11-21-13-28-17)22-24(16)14-26-9-10-29(4,5)6;1-17(2,3)26-16(22)20-8-7-14-13(11-20)15(18(23)24)19-21(14)12-25-9-10-27(4,5)6;17-10-2-1-3-11(6-10)19-16(23)22-5-4-13-12(8-22)15(21-20-13)14-7-18-9-24-14;1-2-10-3-6-7(1)12-13-9(6)8-4-11-5-14-8;4-3-1-5-2-6-3;1-2;/h11,13H,7-10,12,14H2,1-6H3;23-24H,7-12H2,1-6H3;1-3,6-7,9H,4-5,8H2,(H,19,23)(H,20,21);4-5,10H,1-3H2,(H,12,13);1-2H;1-2H3;1H/i;;;;;1D;. The van der Waals surface area contributed by atoms with Gasteiger partial charge in [0.05, 0.1) is 71.9 Å². The molecule has 9 aromatic rings. The summed E-state index contributed by atoms with van der Waals surface area (Å²) < 4.78 is 33.6. The number of amides is 4. The number of fused-ring (bicyclic) bond motifs is 4. The number of halogens is 3. The Bertz CT molecular complexity index is 4110. The number of thiazole rings is 4. The third kappa shape index (κ3) is 25.5. The van der Waals surface area contributed by atoms with E-state index in [9.17, 15) is 24.4 Å². The largest absolute Gasteiger partial charge is 0.510 e. The van der Waals surface area contributed by atoms with Gasteiger partial charge in [-0.25, -0.2) is 23.7 Å². The first-order valence-electron chi connectivity index (χ1n) is 34.4. The van der Waals surface area contributed by atoms with E-state index in [1.54, 1.807) is 101 Å². The number of rotatable bonds is 15. The van der Waals surface area contributed by atoms with E-state index >= 15 is 0 Å². The van der Waals surface area contributed by atoms with E-state index in [0.717, 1.165) is 115 Å². The molecule has 26 nitrogen and oxygen atoms in total. The maximum Gasteiger partial charge on any atom is 0.510 e. The Balaban J connectivity index is 0.000000189. The van der Waals surface area contributed by atoms with Gasteiger partial charge in [-0.15, -0.1) is 57.8 Å². The molecule has 6 N–H and O–H groups in total. The number of hydrogen-bond donors (Lipinski definition) is 6. The highest BCUT2D eigenvalue weighted by atomic mass is 79.9. The Morgan fingerprint density at radius 1 is 0.660 bits per heavy atom. The Hall–Kier alpha value is -6.25. The molecule has 0 bridgehead atoms. The van der Waals surface area contributed by atoms with E-state index in [-0.39, 0.29) is 43.4 Å². The van der Waals surface area contributed by atoms with Crippen LogP contribution in [-0.4, -0.2) is 177 Å². The molecule has 103 heavy (non-hydrogen) atoms. The van der Waals surface area contributed by atoms with Crippen LogP contribution in [0.1, 0.15) is 102 Å². The van der Waals surface area contributed by atoms with Gasteiger partial charge in [0.25, 0.3) is 0 Å². The highest BCUT2D eigenvalue weighted by Crippen LogP contribution is 2.35. The van der Waals surface area contributed by atoms with Crippen molar-refractivity contribution in [1.29, 1.82) is 0 Å². The van der Waals surface area contributed by atoms with Crippen LogP contribution in [0, 0.1) is 0 Å². The van der Waals surface area contributed by atoms with Crippen LogP contribution >= 0.6 is 85.3 Å². The molecule has 1 aromatic carbocycles. The van der Waals surface area contributed by atoms with Crippen molar-refractivity contribution < 1.29 is 44.7 Å². The van der Waals surface area contributed by atoms with Gasteiger partial charge in [-0.1, -0.05) is 70.8 Å². The predicted molar refractivity (Wildman–Crippen MR) is 422 cm³/mol. The Kier molecular flexibility index (Phi) is 31.1. The van der Waals surface area contributed by atoms with Crippen LogP contribution in [0.25, 0.3) is 31.7 Å². The number of nitrogens with one attached hydrogen (secondary N) is 4.